The number of amides is 1. The molecule has 0 aliphatic carbocycles. The van der Waals surface area contributed by atoms with Gasteiger partial charge in [0.05, 0.1) is 0 Å². The van der Waals surface area contributed by atoms with E-state index in [9.17, 15) is 4.79 Å². The van der Waals surface area contributed by atoms with E-state index in [0.717, 1.165) is 31.5 Å². The van der Waals surface area contributed by atoms with E-state index in [1.165, 1.54) is 0 Å². The molecular formula is C16H23ClN2O2. The summed E-state index contributed by atoms with van der Waals surface area (Å²) in [6, 6.07) is 5.95. The molecule has 1 N–H and O–H groups in total. The third kappa shape index (κ3) is 4.11. The van der Waals surface area contributed by atoms with Gasteiger partial charge in [-0.2, -0.15) is 0 Å². The molecular weight excluding hydrogens is 288 g/mol. The Balaban J connectivity index is 1.93. The monoisotopic (exact) mass is 310 g/mol. The maximum atomic E-state index is 12.4. The van der Waals surface area contributed by atoms with Gasteiger partial charge >= 0.3 is 0 Å². The predicted molar refractivity (Wildman–Crippen MR) is 84.9 cm³/mol. The van der Waals surface area contributed by atoms with E-state index in [2.05, 4.69) is 5.32 Å². The van der Waals surface area contributed by atoms with Gasteiger partial charge in [0.25, 0.3) is 5.91 Å². The van der Waals surface area contributed by atoms with Crippen molar-refractivity contribution < 1.29 is 9.53 Å². The van der Waals surface area contributed by atoms with Crippen molar-refractivity contribution in [1.82, 2.24) is 10.2 Å². The zero-order chi connectivity index (χ0) is 15.4. The van der Waals surface area contributed by atoms with Crippen molar-refractivity contribution >= 4 is 17.5 Å². The molecule has 0 saturated carbocycles. The first kappa shape index (κ1) is 16.1. The van der Waals surface area contributed by atoms with E-state index >= 15 is 0 Å². The number of halogens is 1. The predicted octanol–water partition coefficient (Wildman–Crippen LogP) is 2.63. The summed E-state index contributed by atoms with van der Waals surface area (Å²) in [6.45, 7) is 5.31. The summed E-state index contributed by atoms with van der Waals surface area (Å²) in [5.41, 5.74) is 0.941. The summed E-state index contributed by atoms with van der Waals surface area (Å²) in [4.78, 5) is 14.3. The lowest BCUT2D eigenvalue weighted by Gasteiger charge is -2.33. The number of piperidine rings is 1. The lowest BCUT2D eigenvalue weighted by molar-refractivity contribution is -0.139. The number of benzene rings is 1. The zero-order valence-corrected chi connectivity index (χ0v) is 13.6. The maximum Gasteiger partial charge on any atom is 0.263 e. The molecule has 1 saturated heterocycles. The van der Waals surface area contributed by atoms with Crippen LogP contribution in [-0.2, 0) is 4.79 Å². The highest BCUT2D eigenvalue weighted by molar-refractivity contribution is 6.30. The van der Waals surface area contributed by atoms with Crippen LogP contribution >= 0.6 is 11.6 Å². The molecule has 1 heterocycles. The molecule has 1 aromatic rings. The number of ether oxygens (including phenoxy) is 1. The molecule has 0 spiro atoms. The van der Waals surface area contributed by atoms with E-state index in [1.807, 2.05) is 31.0 Å². The van der Waals surface area contributed by atoms with Crippen molar-refractivity contribution in [3.8, 4) is 5.75 Å². The number of rotatable bonds is 4. The molecule has 1 aliphatic heterocycles. The van der Waals surface area contributed by atoms with E-state index in [-0.39, 0.29) is 5.91 Å². The quantitative estimate of drug-likeness (QED) is 0.929. The molecule has 1 fully saturated rings. The van der Waals surface area contributed by atoms with Crippen LogP contribution in [0.15, 0.2) is 18.2 Å². The Kier molecular flexibility index (Phi) is 5.48. The molecule has 4 nitrogen and oxygen atoms in total. The molecule has 2 rings (SSSR count). The first-order valence-corrected chi connectivity index (χ1v) is 7.78. The highest BCUT2D eigenvalue weighted by Gasteiger charge is 2.26. The van der Waals surface area contributed by atoms with Gasteiger partial charge in [-0.15, -0.1) is 0 Å². The number of nitrogens with zero attached hydrogens (tertiary/aromatic N) is 1. The summed E-state index contributed by atoms with van der Waals surface area (Å²) < 4.78 is 5.80. The Labute approximate surface area is 131 Å². The van der Waals surface area contributed by atoms with Gasteiger partial charge in [0.15, 0.2) is 6.10 Å². The third-order valence-electron chi connectivity index (χ3n) is 4.00. The van der Waals surface area contributed by atoms with Crippen molar-refractivity contribution in [3.63, 3.8) is 0 Å². The van der Waals surface area contributed by atoms with Crippen molar-refractivity contribution in [2.24, 2.45) is 0 Å². The average Bonchev–Trinajstić information content (AvgIpc) is 2.49. The van der Waals surface area contributed by atoms with Crippen LogP contribution in [0, 0.1) is 6.92 Å². The van der Waals surface area contributed by atoms with Gasteiger partial charge in [-0.25, -0.2) is 0 Å². The number of carbonyl (C=O) groups excluding carboxylic acids is 1. The van der Waals surface area contributed by atoms with Gasteiger partial charge in [0.1, 0.15) is 5.75 Å². The fourth-order valence-electron chi connectivity index (χ4n) is 2.63. The molecule has 1 aliphatic rings. The molecule has 1 atom stereocenters. The highest BCUT2D eigenvalue weighted by Crippen LogP contribution is 2.23. The Morgan fingerprint density at radius 3 is 2.67 bits per heavy atom. The molecule has 0 bridgehead atoms. The van der Waals surface area contributed by atoms with Gasteiger partial charge in [-0.05, 0) is 57.5 Å². The lowest BCUT2D eigenvalue weighted by atomic mass is 10.0. The summed E-state index contributed by atoms with van der Waals surface area (Å²) in [5.74, 6) is 0.768. The smallest absolute Gasteiger partial charge is 0.263 e. The van der Waals surface area contributed by atoms with Crippen LogP contribution < -0.4 is 10.1 Å². The summed E-state index contributed by atoms with van der Waals surface area (Å²) >= 11 is 5.93. The van der Waals surface area contributed by atoms with Crippen LogP contribution in [0.1, 0.15) is 25.3 Å². The molecule has 5 heteroatoms. The molecule has 0 aromatic heterocycles. The molecule has 116 valence electrons. The Hall–Kier alpha value is -1.26. The van der Waals surface area contributed by atoms with Crippen molar-refractivity contribution in [3.05, 3.63) is 28.8 Å². The molecule has 0 radical (unpaired) electrons. The number of likely N-dealkylation sites (tertiary alicyclic amines) is 1. The minimum atomic E-state index is -0.476. The van der Waals surface area contributed by atoms with Gasteiger partial charge in [-0.3, -0.25) is 4.79 Å². The van der Waals surface area contributed by atoms with E-state index in [1.54, 1.807) is 13.0 Å². The number of hydrogen-bond donors (Lipinski definition) is 1. The summed E-state index contributed by atoms with van der Waals surface area (Å²) in [5, 5.41) is 3.94. The second kappa shape index (κ2) is 7.14. The Bertz CT molecular complexity index is 499. The standard InChI is InChI=1S/C16H23ClN2O2/c1-11-10-13(17)4-5-15(11)21-12(2)16(20)19-8-6-14(18-3)7-9-19/h4-5,10,12,14,18H,6-9H2,1-3H3. The van der Waals surface area contributed by atoms with Crippen LogP contribution in [0.2, 0.25) is 5.02 Å². The largest absolute Gasteiger partial charge is 0.481 e. The molecule has 1 unspecified atom stereocenters. The van der Waals surface area contributed by atoms with E-state index in [4.69, 9.17) is 16.3 Å². The topological polar surface area (TPSA) is 41.6 Å². The van der Waals surface area contributed by atoms with E-state index < -0.39 is 6.10 Å². The lowest BCUT2D eigenvalue weighted by Crippen LogP contribution is -2.48. The van der Waals surface area contributed by atoms with Crippen LogP contribution in [0.5, 0.6) is 5.75 Å². The second-order valence-electron chi connectivity index (χ2n) is 5.56. The minimum Gasteiger partial charge on any atom is -0.481 e. The summed E-state index contributed by atoms with van der Waals surface area (Å²) in [6.07, 6.45) is 1.51. The Morgan fingerprint density at radius 2 is 2.10 bits per heavy atom. The van der Waals surface area contributed by atoms with Crippen LogP contribution in [0.3, 0.4) is 0 Å². The molecule has 1 amide bonds. The molecule has 21 heavy (non-hydrogen) atoms. The van der Waals surface area contributed by atoms with Gasteiger partial charge < -0.3 is 15.0 Å². The molecule has 1 aromatic carbocycles. The van der Waals surface area contributed by atoms with Crippen LogP contribution in [-0.4, -0.2) is 43.1 Å². The fraction of sp³-hybridized carbons (Fsp3) is 0.562. The number of aryl methyl sites for hydroxylation is 1. The van der Waals surface area contributed by atoms with Crippen molar-refractivity contribution in [2.45, 2.75) is 38.8 Å². The highest BCUT2D eigenvalue weighted by atomic mass is 35.5. The van der Waals surface area contributed by atoms with Crippen molar-refractivity contribution in [1.29, 1.82) is 0 Å². The minimum absolute atomic E-state index is 0.0545. The van der Waals surface area contributed by atoms with Gasteiger partial charge in [0.2, 0.25) is 0 Å². The first-order valence-electron chi connectivity index (χ1n) is 7.40. The number of nitrogens with one attached hydrogen (secondary N) is 1. The van der Waals surface area contributed by atoms with Gasteiger partial charge in [-0.1, -0.05) is 11.6 Å². The second-order valence-corrected chi connectivity index (χ2v) is 5.99. The zero-order valence-electron chi connectivity index (χ0n) is 12.9. The summed E-state index contributed by atoms with van der Waals surface area (Å²) in [7, 11) is 1.97. The third-order valence-corrected chi connectivity index (χ3v) is 4.24. The fourth-order valence-corrected chi connectivity index (χ4v) is 2.86. The SMILES string of the molecule is CNC1CCN(C(=O)C(C)Oc2ccc(Cl)cc2C)CC1. The van der Waals surface area contributed by atoms with Gasteiger partial charge in [0, 0.05) is 24.2 Å². The van der Waals surface area contributed by atoms with Crippen LogP contribution in [0.25, 0.3) is 0 Å². The average molecular weight is 311 g/mol. The first-order chi connectivity index (χ1) is 10.0. The number of hydrogen-bond acceptors (Lipinski definition) is 3. The van der Waals surface area contributed by atoms with E-state index in [0.29, 0.717) is 16.8 Å². The normalized spacial score (nSPS) is 17.6. The number of carbonyl (C=O) groups is 1. The maximum absolute atomic E-state index is 12.4. The Morgan fingerprint density at radius 1 is 1.43 bits per heavy atom. The van der Waals surface area contributed by atoms with Crippen LogP contribution in [0.4, 0.5) is 0 Å². The van der Waals surface area contributed by atoms with Crippen molar-refractivity contribution in [2.75, 3.05) is 20.1 Å².